The van der Waals surface area contributed by atoms with Gasteiger partial charge in [0.1, 0.15) is 0 Å². The molecule has 0 bridgehead atoms. The third-order valence-corrected chi connectivity index (χ3v) is 0. The van der Waals surface area contributed by atoms with Gasteiger partial charge in [-0.15, -0.1) is 0 Å². The van der Waals surface area contributed by atoms with Crippen molar-refractivity contribution in [3.63, 3.8) is 0 Å². The Balaban J connectivity index is 0. The molecule has 4 heavy (non-hydrogen) atoms. The molecule has 0 aliphatic rings. The van der Waals surface area contributed by atoms with Gasteiger partial charge in [0.2, 0.25) is 0 Å². The van der Waals surface area contributed by atoms with Gasteiger partial charge in [-0.1, -0.05) is 0 Å². The summed E-state index contributed by atoms with van der Waals surface area (Å²) in [4.78, 5) is 0. The van der Waals surface area contributed by atoms with Gasteiger partial charge < -0.3 is 17.1 Å². The summed E-state index contributed by atoms with van der Waals surface area (Å²) in [6.07, 6.45) is 0. The van der Waals surface area contributed by atoms with Gasteiger partial charge in [0.25, 0.3) is 0 Å². The summed E-state index contributed by atoms with van der Waals surface area (Å²) in [6.45, 7) is 0. The van der Waals surface area contributed by atoms with Crippen molar-refractivity contribution in [1.82, 2.24) is 0 Å². The van der Waals surface area contributed by atoms with Gasteiger partial charge in [-0.2, -0.15) is 0 Å². The van der Waals surface area contributed by atoms with Gasteiger partial charge in [-0.05, 0) is 0 Å². The minimum absolute atomic E-state index is 0. The van der Waals surface area contributed by atoms with E-state index in [0.29, 0.717) is 0 Å². The molecule has 0 radical (unpaired) electrons. The average molecular weight is 103 g/mol. The van der Waals surface area contributed by atoms with E-state index in [4.69, 9.17) is 0 Å². The van der Waals surface area contributed by atoms with Crippen molar-refractivity contribution in [1.29, 1.82) is 0 Å². The molecular weight excluding hydrogens is 103 g/mol. The van der Waals surface area contributed by atoms with Gasteiger partial charge in [0, 0.05) is 0 Å². The summed E-state index contributed by atoms with van der Waals surface area (Å²) >= 11 is 0. The van der Waals surface area contributed by atoms with E-state index in [-0.39, 0.29) is 63.2 Å². The first kappa shape index (κ1) is 42.3. The molecule has 0 spiro atoms. The Kier molecular flexibility index (Phi) is 230. The predicted octanol–water partition coefficient (Wildman–Crippen LogP) is -6.75. The van der Waals surface area contributed by atoms with Crippen LogP contribution in [0.3, 0.4) is 0 Å². The van der Waals surface area contributed by atoms with E-state index in [1.54, 1.807) is 0 Å². The molecule has 0 atom stereocenters. The van der Waals surface area contributed by atoms with Crippen LogP contribution in [0, 0.1) is 0 Å². The first-order chi connectivity index (χ1) is 0. The van der Waals surface area contributed by atoms with Crippen LogP contribution in [0.1, 0.15) is 0 Å². The SMILES string of the molecule is [Cl-].[F-].[Mg+2].[Mg+2]. The van der Waals surface area contributed by atoms with Crippen LogP contribution in [-0.2, 0) is 0 Å². The summed E-state index contributed by atoms with van der Waals surface area (Å²) in [5, 5.41) is 0. The second kappa shape index (κ2) is 21.8. The molecule has 0 fully saturated rings. The molecule has 4 heteroatoms. The average Bonchev–Trinajstić information content (AvgIpc) is 0. The van der Waals surface area contributed by atoms with Gasteiger partial charge in [-0.3, -0.25) is 0 Å². The van der Waals surface area contributed by atoms with Crippen LogP contribution in [-0.4, -0.2) is 46.1 Å². The molecule has 0 aliphatic carbocycles. The zero-order valence-corrected chi connectivity index (χ0v) is 5.75. The monoisotopic (exact) mass is 102 g/mol. The van der Waals surface area contributed by atoms with Gasteiger partial charge in [0.05, 0.1) is 0 Å². The topological polar surface area (TPSA) is 0 Å². The number of halogens is 2. The largest absolute Gasteiger partial charge is 2.00 e. The molecule has 0 heterocycles. The van der Waals surface area contributed by atoms with Crippen molar-refractivity contribution >= 4 is 46.1 Å². The second-order valence-corrected chi connectivity index (χ2v) is 0. The molecular formula is ClFMg2+2. The maximum atomic E-state index is 0. The zero-order valence-electron chi connectivity index (χ0n) is 2.17. The molecule has 0 N–H and O–H groups in total. The summed E-state index contributed by atoms with van der Waals surface area (Å²) in [6, 6.07) is 0. The maximum absolute atomic E-state index is 0. The smallest absolute Gasteiger partial charge is 1.00 e. The Hall–Kier alpha value is 1.75. The van der Waals surface area contributed by atoms with Crippen molar-refractivity contribution in [3.05, 3.63) is 0 Å². The molecule has 0 unspecified atom stereocenters. The van der Waals surface area contributed by atoms with Gasteiger partial charge in [-0.25, -0.2) is 0 Å². The van der Waals surface area contributed by atoms with Crippen molar-refractivity contribution in [2.45, 2.75) is 0 Å². The quantitative estimate of drug-likeness (QED) is 0.267. The second-order valence-electron chi connectivity index (χ2n) is 0. The van der Waals surface area contributed by atoms with E-state index in [0.717, 1.165) is 0 Å². The minimum Gasteiger partial charge on any atom is -1.00 e. The summed E-state index contributed by atoms with van der Waals surface area (Å²) in [5.41, 5.74) is 0. The van der Waals surface area contributed by atoms with Crippen molar-refractivity contribution in [2.75, 3.05) is 0 Å². The number of rotatable bonds is 0. The molecule has 0 saturated carbocycles. The molecule has 0 amide bonds. The fraction of sp³-hybridized carbons (Fsp3) is 0. The summed E-state index contributed by atoms with van der Waals surface area (Å²) in [5.74, 6) is 0. The van der Waals surface area contributed by atoms with Crippen molar-refractivity contribution in [3.8, 4) is 0 Å². The third kappa shape index (κ3) is 9.26. The molecule has 0 aromatic carbocycles. The van der Waals surface area contributed by atoms with E-state index in [1.165, 1.54) is 0 Å². The predicted molar refractivity (Wildman–Crippen MR) is 11.5 cm³/mol. The van der Waals surface area contributed by atoms with Crippen LogP contribution in [0.4, 0.5) is 0 Å². The zero-order chi connectivity index (χ0) is 0. The van der Waals surface area contributed by atoms with E-state index < -0.39 is 0 Å². The van der Waals surface area contributed by atoms with Crippen LogP contribution in [0.2, 0.25) is 0 Å². The molecule has 0 aliphatic heterocycles. The third-order valence-electron chi connectivity index (χ3n) is 0. The van der Waals surface area contributed by atoms with Crippen molar-refractivity contribution in [2.24, 2.45) is 0 Å². The van der Waals surface area contributed by atoms with Crippen LogP contribution >= 0.6 is 0 Å². The van der Waals surface area contributed by atoms with Crippen LogP contribution in [0.15, 0.2) is 0 Å². The Morgan fingerprint density at radius 1 is 0.750 bits per heavy atom. The molecule has 0 nitrogen and oxygen atoms in total. The molecule has 0 aromatic rings. The number of hydrogen-bond donors (Lipinski definition) is 0. The molecule has 0 saturated heterocycles. The van der Waals surface area contributed by atoms with Crippen molar-refractivity contribution < 1.29 is 17.1 Å². The fourth-order valence-electron chi connectivity index (χ4n) is 0. The molecule has 0 rings (SSSR count). The van der Waals surface area contributed by atoms with Gasteiger partial charge >= 0.3 is 46.1 Å². The Labute approximate surface area is 62.8 Å². The Bertz CT molecular complexity index is 6.00. The Morgan fingerprint density at radius 2 is 0.750 bits per heavy atom. The van der Waals surface area contributed by atoms with E-state index in [9.17, 15) is 0 Å². The first-order valence-electron chi connectivity index (χ1n) is 0. The Morgan fingerprint density at radius 3 is 0.750 bits per heavy atom. The minimum atomic E-state index is 0. The van der Waals surface area contributed by atoms with E-state index >= 15 is 0 Å². The van der Waals surface area contributed by atoms with Crippen LogP contribution < -0.4 is 17.1 Å². The molecule has 16 valence electrons. The van der Waals surface area contributed by atoms with E-state index in [2.05, 4.69) is 0 Å². The standard InChI is InChI=1S/ClH.FH.2Mg/h2*1H;;/q;;2*+2/p-2. The normalized spacial score (nSPS) is 0. The molecule has 0 aromatic heterocycles. The van der Waals surface area contributed by atoms with Crippen LogP contribution in [0.5, 0.6) is 0 Å². The maximum Gasteiger partial charge on any atom is 2.00 e. The summed E-state index contributed by atoms with van der Waals surface area (Å²) < 4.78 is 0. The number of hydrogen-bond acceptors (Lipinski definition) is 0. The van der Waals surface area contributed by atoms with Gasteiger partial charge in [0.15, 0.2) is 0 Å². The fourth-order valence-corrected chi connectivity index (χ4v) is 0. The first-order valence-corrected chi connectivity index (χ1v) is 0. The van der Waals surface area contributed by atoms with E-state index in [1.807, 2.05) is 0 Å². The van der Waals surface area contributed by atoms with Crippen LogP contribution in [0.25, 0.3) is 0 Å². The summed E-state index contributed by atoms with van der Waals surface area (Å²) in [7, 11) is 0.